The van der Waals surface area contributed by atoms with Gasteiger partial charge in [-0.1, -0.05) is 37.3 Å². The average molecular weight is 340 g/mol. The molecule has 1 atom stereocenters. The number of rotatable bonds is 4. The van der Waals surface area contributed by atoms with Crippen molar-refractivity contribution in [3.63, 3.8) is 0 Å². The summed E-state index contributed by atoms with van der Waals surface area (Å²) in [5, 5.41) is 23.8. The molecule has 3 rings (SSSR count). The molecule has 1 aromatic carbocycles. The number of nitrogens with zero attached hydrogens (tertiary/aromatic N) is 2. The number of hydrogen-bond donors (Lipinski definition) is 3. The summed E-state index contributed by atoms with van der Waals surface area (Å²) in [7, 11) is 0. The van der Waals surface area contributed by atoms with Gasteiger partial charge in [0.05, 0.1) is 11.1 Å². The van der Waals surface area contributed by atoms with Crippen molar-refractivity contribution in [3.05, 3.63) is 52.6 Å². The number of benzene rings is 1. The van der Waals surface area contributed by atoms with E-state index in [1.165, 1.54) is 11.8 Å². The fourth-order valence-electron chi connectivity index (χ4n) is 2.76. The van der Waals surface area contributed by atoms with Gasteiger partial charge in [-0.3, -0.25) is 4.79 Å². The Hall–Kier alpha value is -2.56. The first-order valence-corrected chi connectivity index (χ1v) is 8.48. The van der Waals surface area contributed by atoms with Gasteiger partial charge >= 0.3 is 0 Å². The molecule has 2 heterocycles. The number of carbonyl (C=O) groups is 1. The fraction of sp³-hybridized carbons (Fsp3) is 0.235. The Bertz CT molecular complexity index is 848. The van der Waals surface area contributed by atoms with Crippen LogP contribution in [0.4, 0.5) is 5.82 Å². The first kappa shape index (κ1) is 16.3. The van der Waals surface area contributed by atoms with Crippen molar-refractivity contribution in [3.8, 4) is 6.07 Å². The second kappa shape index (κ2) is 6.15. The zero-order valence-electron chi connectivity index (χ0n) is 13.0. The molecule has 6 nitrogen and oxygen atoms in total. The van der Waals surface area contributed by atoms with Crippen molar-refractivity contribution in [1.29, 1.82) is 5.26 Å². The van der Waals surface area contributed by atoms with Crippen LogP contribution in [0.3, 0.4) is 0 Å². The lowest BCUT2D eigenvalue weighted by Crippen LogP contribution is -2.40. The molecule has 1 aliphatic rings. The van der Waals surface area contributed by atoms with Gasteiger partial charge in [-0.2, -0.15) is 5.26 Å². The quantitative estimate of drug-likeness (QED) is 0.734. The molecule has 1 amide bonds. The summed E-state index contributed by atoms with van der Waals surface area (Å²) < 4.78 is 0. The van der Waals surface area contributed by atoms with Gasteiger partial charge in [-0.05, 0) is 12.2 Å². The van der Waals surface area contributed by atoms with Crippen molar-refractivity contribution >= 4 is 23.5 Å². The molecular weight excluding hydrogens is 324 g/mol. The molecule has 0 fully saturated rings. The fourth-order valence-corrected chi connectivity index (χ4v) is 3.62. The molecule has 0 bridgehead atoms. The van der Waals surface area contributed by atoms with Gasteiger partial charge in [0.2, 0.25) is 0 Å². The first-order chi connectivity index (χ1) is 11.5. The van der Waals surface area contributed by atoms with E-state index in [1.54, 1.807) is 30.3 Å². The van der Waals surface area contributed by atoms with E-state index in [1.807, 2.05) is 6.92 Å². The zero-order chi connectivity index (χ0) is 17.3. The third-order valence-electron chi connectivity index (χ3n) is 3.82. The predicted octanol–water partition coefficient (Wildman–Crippen LogP) is 1.97. The van der Waals surface area contributed by atoms with Gasteiger partial charge < -0.3 is 16.2 Å². The highest BCUT2D eigenvalue weighted by Gasteiger charge is 2.47. The molecule has 7 heteroatoms. The highest BCUT2D eigenvalue weighted by molar-refractivity contribution is 7.99. The first-order valence-electron chi connectivity index (χ1n) is 7.50. The summed E-state index contributed by atoms with van der Waals surface area (Å²) in [6, 6.07) is 10.8. The van der Waals surface area contributed by atoms with Crippen molar-refractivity contribution < 1.29 is 9.90 Å². The van der Waals surface area contributed by atoms with Crippen LogP contribution < -0.4 is 11.1 Å². The molecule has 0 spiro atoms. The minimum Gasteiger partial charge on any atom is -0.383 e. The van der Waals surface area contributed by atoms with Crippen LogP contribution in [0.2, 0.25) is 0 Å². The molecule has 0 saturated heterocycles. The predicted molar refractivity (Wildman–Crippen MR) is 91.3 cm³/mol. The number of nitrogens with one attached hydrogen (secondary N) is 1. The van der Waals surface area contributed by atoms with Gasteiger partial charge in [-0.15, -0.1) is 11.8 Å². The number of aliphatic hydroxyl groups is 1. The minimum absolute atomic E-state index is 0.0203. The normalized spacial score (nSPS) is 18.8. The Balaban J connectivity index is 2.28. The van der Waals surface area contributed by atoms with Crippen molar-refractivity contribution in [2.45, 2.75) is 24.1 Å². The van der Waals surface area contributed by atoms with Gasteiger partial charge in [0.25, 0.3) is 5.91 Å². The molecule has 1 unspecified atom stereocenters. The van der Waals surface area contributed by atoms with Crippen LogP contribution in [0, 0.1) is 11.3 Å². The lowest BCUT2D eigenvalue weighted by Gasteiger charge is -2.25. The lowest BCUT2D eigenvalue weighted by molar-refractivity contribution is 0.0473. The summed E-state index contributed by atoms with van der Waals surface area (Å²) in [6.07, 6.45) is 0.897. The van der Waals surface area contributed by atoms with Crippen LogP contribution in [0.1, 0.15) is 40.4 Å². The summed E-state index contributed by atoms with van der Waals surface area (Å²) in [6.45, 7) is 2.02. The van der Waals surface area contributed by atoms with Crippen LogP contribution in [-0.2, 0) is 5.72 Å². The number of thioether (sulfide) groups is 1. The van der Waals surface area contributed by atoms with Crippen molar-refractivity contribution in [1.82, 2.24) is 10.3 Å². The van der Waals surface area contributed by atoms with Gasteiger partial charge in [0, 0.05) is 11.1 Å². The van der Waals surface area contributed by atoms with Crippen molar-refractivity contribution in [2.75, 3.05) is 11.5 Å². The van der Waals surface area contributed by atoms with Crippen LogP contribution >= 0.6 is 11.8 Å². The third kappa shape index (κ3) is 2.40. The van der Waals surface area contributed by atoms with E-state index >= 15 is 0 Å². The number of nitrogens with two attached hydrogens (primary N) is 1. The summed E-state index contributed by atoms with van der Waals surface area (Å²) in [5.41, 5.74) is 5.06. The van der Waals surface area contributed by atoms with Crippen LogP contribution in [0.5, 0.6) is 0 Å². The lowest BCUT2D eigenvalue weighted by atomic mass is 9.92. The maximum absolute atomic E-state index is 12.4. The summed E-state index contributed by atoms with van der Waals surface area (Å²) in [5.74, 6) is 0.238. The number of aromatic nitrogens is 1. The molecule has 4 N–H and O–H groups in total. The topological polar surface area (TPSA) is 112 Å². The monoisotopic (exact) mass is 340 g/mol. The molecule has 1 aromatic heterocycles. The standard InChI is InChI=1S/C17H16N4O2S/c1-2-8-24-16-11(9-18)13-12(14(19)20-16)15(22)21-17(13,23)10-6-4-3-5-7-10/h3-7,23H,2,8H2,1H3,(H2,19,20)(H,21,22). The van der Waals surface area contributed by atoms with E-state index in [0.717, 1.165) is 12.2 Å². The Labute approximate surface area is 143 Å². The molecule has 0 aliphatic carbocycles. The SMILES string of the molecule is CCCSc1nc(N)c2c(c1C#N)C(O)(c1ccccc1)NC2=O. The van der Waals surface area contributed by atoms with Crippen LogP contribution in [-0.4, -0.2) is 21.8 Å². The maximum atomic E-state index is 12.4. The smallest absolute Gasteiger partial charge is 0.258 e. The number of fused-ring (bicyclic) bond motifs is 1. The second-order valence-electron chi connectivity index (χ2n) is 5.42. The zero-order valence-corrected chi connectivity index (χ0v) is 13.9. The van der Waals surface area contributed by atoms with Gasteiger partial charge in [0.15, 0.2) is 5.72 Å². The van der Waals surface area contributed by atoms with E-state index in [0.29, 0.717) is 10.6 Å². The van der Waals surface area contributed by atoms with E-state index in [2.05, 4.69) is 16.4 Å². The molecular formula is C17H16N4O2S. The van der Waals surface area contributed by atoms with E-state index in [-0.39, 0.29) is 22.5 Å². The summed E-state index contributed by atoms with van der Waals surface area (Å²) >= 11 is 1.39. The average Bonchev–Trinajstić information content (AvgIpc) is 2.87. The van der Waals surface area contributed by atoms with Gasteiger partial charge in [0.1, 0.15) is 16.9 Å². The van der Waals surface area contributed by atoms with Crippen molar-refractivity contribution in [2.24, 2.45) is 0 Å². The maximum Gasteiger partial charge on any atom is 0.258 e. The molecule has 122 valence electrons. The highest BCUT2D eigenvalue weighted by Crippen LogP contribution is 2.41. The number of nitriles is 1. The Morgan fingerprint density at radius 2 is 2.12 bits per heavy atom. The number of nitrogen functional groups attached to an aromatic ring is 1. The van der Waals surface area contributed by atoms with E-state index in [9.17, 15) is 15.2 Å². The number of anilines is 1. The number of amides is 1. The highest BCUT2D eigenvalue weighted by atomic mass is 32.2. The van der Waals surface area contributed by atoms with E-state index in [4.69, 9.17) is 5.73 Å². The Morgan fingerprint density at radius 3 is 2.75 bits per heavy atom. The van der Waals surface area contributed by atoms with E-state index < -0.39 is 11.6 Å². The molecule has 24 heavy (non-hydrogen) atoms. The molecule has 2 aromatic rings. The Morgan fingerprint density at radius 1 is 1.42 bits per heavy atom. The summed E-state index contributed by atoms with van der Waals surface area (Å²) in [4.78, 5) is 16.6. The molecule has 0 saturated carbocycles. The molecule has 1 aliphatic heterocycles. The Kier molecular flexibility index (Phi) is 4.18. The number of carbonyl (C=O) groups excluding carboxylic acids is 1. The molecule has 0 radical (unpaired) electrons. The largest absolute Gasteiger partial charge is 0.383 e. The van der Waals surface area contributed by atoms with Gasteiger partial charge in [-0.25, -0.2) is 4.98 Å². The number of pyridine rings is 1. The number of hydrogen-bond acceptors (Lipinski definition) is 6. The van der Waals surface area contributed by atoms with Crippen LogP contribution in [0.25, 0.3) is 0 Å². The third-order valence-corrected chi connectivity index (χ3v) is 5.00. The van der Waals surface area contributed by atoms with Crippen LogP contribution in [0.15, 0.2) is 35.4 Å². The second-order valence-corrected chi connectivity index (χ2v) is 6.50. The minimum atomic E-state index is -1.79.